The van der Waals surface area contributed by atoms with Gasteiger partial charge in [-0.1, -0.05) is 108 Å². The predicted molar refractivity (Wildman–Crippen MR) is 140 cm³/mol. The zero-order valence-electron chi connectivity index (χ0n) is 18.2. The molecule has 0 spiro atoms. The fourth-order valence-electron chi connectivity index (χ4n) is 3.74. The smallest absolute Gasteiger partial charge is 0.241 e. The molecule has 0 aromatic heterocycles. The van der Waals surface area contributed by atoms with Gasteiger partial charge in [-0.05, 0) is 36.8 Å². The summed E-state index contributed by atoms with van der Waals surface area (Å²) in [5.74, 6) is -1.17. The third-order valence-electron chi connectivity index (χ3n) is 5.50. The number of nitrogens with one attached hydrogen (secondary N) is 1. The van der Waals surface area contributed by atoms with Gasteiger partial charge < -0.3 is 4.57 Å². The lowest BCUT2D eigenvalue weighted by Gasteiger charge is -2.30. The minimum Gasteiger partial charge on any atom is -0.312 e. The molecule has 0 saturated carbocycles. The van der Waals surface area contributed by atoms with Gasteiger partial charge in [-0.3, -0.25) is 0 Å². The Hall–Kier alpha value is -2.40. The molecule has 0 aliphatic rings. The first-order valence-corrected chi connectivity index (χ1v) is 14.5. The molecule has 1 unspecified atom stereocenters. The molecule has 0 heterocycles. The largest absolute Gasteiger partial charge is 0.312 e. The average Bonchev–Trinajstić information content (AvgIpc) is 2.84. The SMILES string of the molecule is Cc1ccc(S(=O)(=O)NC(c2ccc(Cl)cc2Cl)P(=O)(c2ccccc2)c2ccccc2)cc1. The van der Waals surface area contributed by atoms with E-state index in [1.54, 1.807) is 72.8 Å². The monoisotopic (exact) mass is 529 g/mol. The van der Waals surface area contributed by atoms with Crippen molar-refractivity contribution >= 4 is 51.0 Å². The molecule has 0 fully saturated rings. The zero-order valence-corrected chi connectivity index (χ0v) is 21.5. The Labute approximate surface area is 210 Å². The van der Waals surface area contributed by atoms with Gasteiger partial charge in [0.1, 0.15) is 5.78 Å². The Morgan fingerprint density at radius 3 is 1.79 bits per heavy atom. The lowest BCUT2D eigenvalue weighted by molar-refractivity contribution is 0.560. The Bertz CT molecular complexity index is 1400. The van der Waals surface area contributed by atoms with E-state index in [1.165, 1.54) is 18.2 Å². The lowest BCUT2D eigenvalue weighted by Crippen LogP contribution is -2.34. The Morgan fingerprint density at radius 2 is 1.29 bits per heavy atom. The summed E-state index contributed by atoms with van der Waals surface area (Å²) in [6, 6.07) is 28.9. The number of benzene rings is 4. The highest BCUT2D eigenvalue weighted by molar-refractivity contribution is 7.90. The Balaban J connectivity index is 1.97. The van der Waals surface area contributed by atoms with E-state index < -0.39 is 22.9 Å². The minimum atomic E-state index is -4.06. The van der Waals surface area contributed by atoms with Crippen molar-refractivity contribution in [1.82, 2.24) is 4.72 Å². The van der Waals surface area contributed by atoms with Gasteiger partial charge in [0.2, 0.25) is 10.0 Å². The van der Waals surface area contributed by atoms with Gasteiger partial charge in [0.15, 0.2) is 7.14 Å². The highest BCUT2D eigenvalue weighted by atomic mass is 35.5. The third kappa shape index (κ3) is 5.00. The number of hydrogen-bond acceptors (Lipinski definition) is 3. The van der Waals surface area contributed by atoms with E-state index in [0.717, 1.165) is 5.56 Å². The molecule has 4 rings (SSSR count). The van der Waals surface area contributed by atoms with Gasteiger partial charge in [0, 0.05) is 20.7 Å². The molecule has 0 saturated heterocycles. The summed E-state index contributed by atoms with van der Waals surface area (Å²) in [5.41, 5.74) is 1.30. The van der Waals surface area contributed by atoms with Crippen molar-refractivity contribution in [2.75, 3.05) is 0 Å². The molecule has 0 radical (unpaired) electrons. The Kier molecular flexibility index (Phi) is 7.32. The fourth-order valence-corrected chi connectivity index (χ4v) is 9.13. The van der Waals surface area contributed by atoms with E-state index in [0.29, 0.717) is 21.2 Å². The highest BCUT2D eigenvalue weighted by Crippen LogP contribution is 2.57. The van der Waals surface area contributed by atoms with Crippen molar-refractivity contribution in [3.05, 3.63) is 124 Å². The van der Waals surface area contributed by atoms with Gasteiger partial charge >= 0.3 is 0 Å². The predicted octanol–water partition coefficient (Wildman–Crippen LogP) is 6.29. The van der Waals surface area contributed by atoms with Crippen LogP contribution in [-0.2, 0) is 14.6 Å². The van der Waals surface area contributed by atoms with Crippen LogP contribution in [0.4, 0.5) is 0 Å². The van der Waals surface area contributed by atoms with Crippen molar-refractivity contribution in [3.8, 4) is 0 Å². The number of halogens is 2. The minimum absolute atomic E-state index is 0.0702. The van der Waals surface area contributed by atoms with E-state index >= 15 is 4.57 Å². The van der Waals surface area contributed by atoms with Crippen molar-refractivity contribution in [3.63, 3.8) is 0 Å². The summed E-state index contributed by atoms with van der Waals surface area (Å²) in [6.07, 6.45) is 0. The summed E-state index contributed by atoms with van der Waals surface area (Å²) in [5, 5.41) is 1.62. The number of aryl methyl sites for hydroxylation is 1. The summed E-state index contributed by atoms with van der Waals surface area (Å²) in [7, 11) is -7.71. The normalized spacial score (nSPS) is 12.9. The first-order valence-electron chi connectivity index (χ1n) is 10.5. The van der Waals surface area contributed by atoms with E-state index in [1.807, 2.05) is 19.1 Å². The topological polar surface area (TPSA) is 63.2 Å². The maximum atomic E-state index is 15.1. The van der Waals surface area contributed by atoms with E-state index in [4.69, 9.17) is 23.2 Å². The second-order valence-electron chi connectivity index (χ2n) is 7.83. The van der Waals surface area contributed by atoms with Crippen LogP contribution in [-0.4, -0.2) is 8.42 Å². The lowest BCUT2D eigenvalue weighted by atomic mass is 10.2. The first kappa shape index (κ1) is 24.7. The van der Waals surface area contributed by atoms with E-state index in [2.05, 4.69) is 4.72 Å². The molecule has 174 valence electrons. The van der Waals surface area contributed by atoms with Gasteiger partial charge in [-0.15, -0.1) is 0 Å². The summed E-state index contributed by atoms with van der Waals surface area (Å²) in [4.78, 5) is 0.0702. The van der Waals surface area contributed by atoms with Crippen LogP contribution in [0.25, 0.3) is 0 Å². The second-order valence-corrected chi connectivity index (χ2v) is 13.3. The van der Waals surface area contributed by atoms with Gasteiger partial charge in [-0.2, -0.15) is 4.72 Å². The molecule has 0 aliphatic carbocycles. The maximum Gasteiger partial charge on any atom is 0.241 e. The summed E-state index contributed by atoms with van der Waals surface area (Å²) in [6.45, 7) is 1.87. The zero-order chi connectivity index (χ0) is 24.3. The molecule has 34 heavy (non-hydrogen) atoms. The first-order chi connectivity index (χ1) is 16.2. The number of rotatable bonds is 7. The van der Waals surface area contributed by atoms with Crippen LogP contribution >= 0.6 is 30.3 Å². The second kappa shape index (κ2) is 10.1. The molecule has 4 aromatic rings. The molecule has 0 aliphatic heterocycles. The van der Waals surface area contributed by atoms with Crippen molar-refractivity contribution in [2.24, 2.45) is 0 Å². The molecule has 8 heteroatoms. The van der Waals surface area contributed by atoms with Crippen LogP contribution in [0.3, 0.4) is 0 Å². The average molecular weight is 530 g/mol. The number of sulfonamides is 1. The summed E-state index contributed by atoms with van der Waals surface area (Å²) < 4.78 is 44.9. The maximum absolute atomic E-state index is 15.1. The quantitative estimate of drug-likeness (QED) is 0.286. The molecule has 1 atom stereocenters. The van der Waals surface area contributed by atoms with Crippen LogP contribution in [0, 0.1) is 6.92 Å². The molecule has 0 amide bonds. The molecule has 4 nitrogen and oxygen atoms in total. The van der Waals surface area contributed by atoms with Gasteiger partial charge in [0.05, 0.1) is 4.90 Å². The van der Waals surface area contributed by atoms with Gasteiger partial charge in [0.25, 0.3) is 0 Å². The van der Waals surface area contributed by atoms with Crippen LogP contribution in [0.2, 0.25) is 10.0 Å². The van der Waals surface area contributed by atoms with E-state index in [9.17, 15) is 8.42 Å². The van der Waals surface area contributed by atoms with Crippen LogP contribution in [0.1, 0.15) is 16.9 Å². The van der Waals surface area contributed by atoms with Crippen LogP contribution in [0.15, 0.2) is 108 Å². The molecule has 0 bridgehead atoms. The standard InChI is InChI=1S/C26H22Cl2NO3PS/c1-19-12-15-23(16-13-19)34(31,32)29-26(24-17-14-20(27)18-25(24)28)33(30,21-8-4-2-5-9-21)22-10-6-3-7-11-22/h2-18,26,29H,1H3. The summed E-state index contributed by atoms with van der Waals surface area (Å²) >= 11 is 12.7. The Morgan fingerprint density at radius 1 is 0.765 bits per heavy atom. The highest BCUT2D eigenvalue weighted by Gasteiger charge is 2.41. The van der Waals surface area contributed by atoms with Crippen molar-refractivity contribution in [2.45, 2.75) is 17.6 Å². The van der Waals surface area contributed by atoms with Gasteiger partial charge in [-0.25, -0.2) is 8.42 Å². The molecule has 1 N–H and O–H groups in total. The van der Waals surface area contributed by atoms with Crippen LogP contribution < -0.4 is 15.3 Å². The fraction of sp³-hybridized carbons (Fsp3) is 0.0769. The van der Waals surface area contributed by atoms with Crippen LogP contribution in [0.5, 0.6) is 0 Å². The number of hydrogen-bond donors (Lipinski definition) is 1. The molecular weight excluding hydrogens is 508 g/mol. The van der Waals surface area contributed by atoms with E-state index in [-0.39, 0.29) is 9.92 Å². The van der Waals surface area contributed by atoms with Crippen molar-refractivity contribution in [1.29, 1.82) is 0 Å². The molecular formula is C26H22Cl2NO3PS. The molecule has 4 aromatic carbocycles. The van der Waals surface area contributed by atoms with Crippen molar-refractivity contribution < 1.29 is 13.0 Å². The third-order valence-corrected chi connectivity index (χ3v) is 10.9.